The smallest absolute Gasteiger partial charge is 0.0832 e. The Bertz CT molecular complexity index is 350. The van der Waals surface area contributed by atoms with Crippen LogP contribution in [0.5, 0.6) is 0 Å². The molecule has 0 atom stereocenters. The van der Waals surface area contributed by atoms with Gasteiger partial charge in [0.05, 0.1) is 5.69 Å². The van der Waals surface area contributed by atoms with Gasteiger partial charge in [0.15, 0.2) is 0 Å². The lowest BCUT2D eigenvalue weighted by atomic mass is 10.1. The largest absolute Gasteiger partial charge is 0.252 e. The fraction of sp³-hybridized carbons (Fsp3) is 0.700. The number of hydrogen-bond acceptors (Lipinski definition) is 3. The summed E-state index contributed by atoms with van der Waals surface area (Å²) < 4.78 is 1.84. The number of nitrogens with zero attached hydrogens (tertiary/aromatic N) is 6. The van der Waals surface area contributed by atoms with Crippen molar-refractivity contribution in [1.29, 1.82) is 0 Å². The maximum atomic E-state index is 8.10. The minimum absolute atomic E-state index is 0.555. The van der Waals surface area contributed by atoms with E-state index in [1.165, 1.54) is 5.92 Å². The molecule has 1 radical (unpaired) electrons. The van der Waals surface area contributed by atoms with Crippen LogP contribution in [0, 0.1) is 5.92 Å². The third-order valence-electron chi connectivity index (χ3n) is 2.08. The maximum Gasteiger partial charge on any atom is 0.0832 e. The number of unbranched alkanes of at least 4 members (excludes halogenated alkanes) is 1. The molecule has 0 fully saturated rings. The molecule has 0 aliphatic rings. The molecule has 0 N–H and O–H groups in total. The van der Waals surface area contributed by atoms with E-state index in [2.05, 4.69) is 34.2 Å². The summed E-state index contributed by atoms with van der Waals surface area (Å²) in [6.07, 6.45) is 4.70. The highest BCUT2D eigenvalue weighted by atomic mass is 15.4. The summed E-state index contributed by atoms with van der Waals surface area (Å²) in [5, 5.41) is 11.6. The van der Waals surface area contributed by atoms with Gasteiger partial charge < -0.3 is 0 Å². The van der Waals surface area contributed by atoms with Crippen LogP contribution in [0.1, 0.15) is 32.4 Å². The molecule has 0 saturated heterocycles. The molecule has 0 amide bonds. The first-order valence-corrected chi connectivity index (χ1v) is 5.41. The summed E-state index contributed by atoms with van der Waals surface area (Å²) in [5.41, 5.74) is 9.11. The second-order valence-electron chi connectivity index (χ2n) is 4.02. The van der Waals surface area contributed by atoms with Crippen LogP contribution in [0.15, 0.2) is 11.3 Å². The van der Waals surface area contributed by atoms with Gasteiger partial charge in [0, 0.05) is 24.2 Å². The van der Waals surface area contributed by atoms with Crippen molar-refractivity contribution < 1.29 is 0 Å². The van der Waals surface area contributed by atoms with Crippen LogP contribution in [-0.4, -0.2) is 21.5 Å². The lowest BCUT2D eigenvalue weighted by Gasteiger charge is -1.98. The Hall–Kier alpha value is -1.55. The van der Waals surface area contributed by atoms with E-state index >= 15 is 0 Å². The van der Waals surface area contributed by atoms with Crippen molar-refractivity contribution in [3.05, 3.63) is 28.3 Å². The first-order chi connectivity index (χ1) is 7.72. The van der Waals surface area contributed by atoms with E-state index in [-0.39, 0.29) is 0 Å². The zero-order chi connectivity index (χ0) is 11.8. The predicted molar refractivity (Wildman–Crippen MR) is 61.6 cm³/mol. The van der Waals surface area contributed by atoms with Gasteiger partial charge in [0.2, 0.25) is 0 Å². The molecule has 0 spiro atoms. The van der Waals surface area contributed by atoms with Gasteiger partial charge >= 0.3 is 0 Å². The first kappa shape index (κ1) is 12.5. The molecule has 1 rings (SSSR count). The van der Waals surface area contributed by atoms with E-state index in [0.29, 0.717) is 6.54 Å². The van der Waals surface area contributed by atoms with Gasteiger partial charge in [-0.15, -0.1) is 5.10 Å². The first-order valence-electron chi connectivity index (χ1n) is 5.41. The fourth-order valence-electron chi connectivity index (χ4n) is 1.39. The molecule has 0 unspecified atom stereocenters. The molecule has 6 nitrogen and oxygen atoms in total. The molecule has 6 heteroatoms. The van der Waals surface area contributed by atoms with E-state index in [1.54, 1.807) is 0 Å². The lowest BCUT2D eigenvalue weighted by molar-refractivity contribution is 0.544. The summed E-state index contributed by atoms with van der Waals surface area (Å²) in [4.78, 5) is 2.70. The average Bonchev–Trinajstić information content (AvgIpc) is 2.64. The van der Waals surface area contributed by atoms with Crippen LogP contribution in [-0.2, 0) is 13.0 Å². The van der Waals surface area contributed by atoms with Crippen molar-refractivity contribution in [3.8, 4) is 0 Å². The molecule has 0 aliphatic heterocycles. The summed E-state index contributed by atoms with van der Waals surface area (Å²) >= 11 is 0. The normalized spacial score (nSPS) is 10.4. The molecule has 1 aromatic heterocycles. The quantitative estimate of drug-likeness (QED) is 0.307. The van der Waals surface area contributed by atoms with Gasteiger partial charge in [0.25, 0.3) is 0 Å². The van der Waals surface area contributed by atoms with E-state index in [0.717, 1.165) is 31.5 Å². The maximum absolute atomic E-state index is 8.10. The number of rotatable bonds is 7. The van der Waals surface area contributed by atoms with Crippen molar-refractivity contribution in [3.63, 3.8) is 0 Å². The standard InChI is InChI=1S/C10H17N6/c1-9(2)7-10-8-16(15-13-10)6-4-3-5-12-14-11/h8H,3-7H2,1-2H3. The summed E-state index contributed by atoms with van der Waals surface area (Å²) in [6.45, 7) is 5.55. The zero-order valence-corrected chi connectivity index (χ0v) is 9.80. The monoisotopic (exact) mass is 221 g/mol. The highest BCUT2D eigenvalue weighted by molar-refractivity contribution is 5.00. The second-order valence-corrected chi connectivity index (χ2v) is 4.02. The van der Waals surface area contributed by atoms with Gasteiger partial charge in [0.1, 0.15) is 0 Å². The summed E-state index contributed by atoms with van der Waals surface area (Å²) in [6, 6.07) is 0. The second kappa shape index (κ2) is 6.85. The van der Waals surface area contributed by atoms with E-state index in [4.69, 9.17) is 5.53 Å². The Morgan fingerprint density at radius 3 is 3.00 bits per heavy atom. The van der Waals surface area contributed by atoms with Gasteiger partial charge in [-0.3, -0.25) is 4.68 Å². The number of azide groups is 1. The highest BCUT2D eigenvalue weighted by Gasteiger charge is 2.03. The Morgan fingerprint density at radius 2 is 2.31 bits per heavy atom. The molecule has 0 bridgehead atoms. The minimum atomic E-state index is 0.555. The van der Waals surface area contributed by atoms with Gasteiger partial charge in [-0.25, -0.2) is 0 Å². The Labute approximate surface area is 95.3 Å². The molecular weight excluding hydrogens is 204 g/mol. The molecule has 16 heavy (non-hydrogen) atoms. The van der Waals surface area contributed by atoms with Crippen molar-refractivity contribution >= 4 is 0 Å². The average molecular weight is 221 g/mol. The van der Waals surface area contributed by atoms with E-state index < -0.39 is 0 Å². The lowest BCUT2D eigenvalue weighted by Crippen LogP contribution is -1.99. The Morgan fingerprint density at radius 1 is 1.50 bits per heavy atom. The van der Waals surface area contributed by atoms with Crippen LogP contribution < -0.4 is 0 Å². The summed E-state index contributed by atoms with van der Waals surface area (Å²) in [7, 11) is 0. The third kappa shape index (κ3) is 4.79. The molecule has 0 aliphatic carbocycles. The number of aromatic nitrogens is 3. The van der Waals surface area contributed by atoms with Gasteiger partial charge in [-0.2, -0.15) is 0 Å². The van der Waals surface area contributed by atoms with Gasteiger partial charge in [-0.1, -0.05) is 24.2 Å². The summed E-state index contributed by atoms with van der Waals surface area (Å²) in [5.74, 6) is 1.33. The predicted octanol–water partition coefficient (Wildman–Crippen LogP) is 2.53. The molecule has 0 saturated carbocycles. The van der Waals surface area contributed by atoms with Crippen LogP contribution in [0.25, 0.3) is 10.4 Å². The van der Waals surface area contributed by atoms with Crippen LogP contribution >= 0.6 is 0 Å². The minimum Gasteiger partial charge on any atom is -0.252 e. The highest BCUT2D eigenvalue weighted by Crippen LogP contribution is 2.06. The SMILES string of the molecule is C[C](C)Cc1cn(CCCCN=[N+]=[N-])nn1. The van der Waals surface area contributed by atoms with Crippen molar-refractivity contribution in [1.82, 2.24) is 15.0 Å². The van der Waals surface area contributed by atoms with Crippen molar-refractivity contribution in [2.24, 2.45) is 5.11 Å². The molecule has 1 aromatic rings. The Kier molecular flexibility index (Phi) is 5.36. The van der Waals surface area contributed by atoms with Crippen molar-refractivity contribution in [2.75, 3.05) is 6.54 Å². The molecule has 0 aromatic carbocycles. The van der Waals surface area contributed by atoms with Crippen LogP contribution in [0.4, 0.5) is 0 Å². The third-order valence-corrected chi connectivity index (χ3v) is 2.08. The van der Waals surface area contributed by atoms with Crippen LogP contribution in [0.2, 0.25) is 0 Å². The van der Waals surface area contributed by atoms with Crippen LogP contribution in [0.3, 0.4) is 0 Å². The van der Waals surface area contributed by atoms with E-state index in [1.807, 2.05) is 10.9 Å². The fourth-order valence-corrected chi connectivity index (χ4v) is 1.39. The number of aryl methyl sites for hydroxylation is 1. The zero-order valence-electron chi connectivity index (χ0n) is 9.80. The Balaban J connectivity index is 2.26. The van der Waals surface area contributed by atoms with Crippen molar-refractivity contribution in [2.45, 2.75) is 39.7 Å². The number of hydrogen-bond donors (Lipinski definition) is 0. The topological polar surface area (TPSA) is 79.5 Å². The van der Waals surface area contributed by atoms with Gasteiger partial charge in [-0.05, 0) is 30.7 Å². The molecule has 1 heterocycles. The van der Waals surface area contributed by atoms with E-state index in [9.17, 15) is 0 Å². The molecule has 87 valence electrons. The molecular formula is C10H17N6.